The molecule has 2 heterocycles. The minimum atomic E-state index is -3.72. The van der Waals surface area contributed by atoms with Gasteiger partial charge in [0.15, 0.2) is 5.16 Å². The highest BCUT2D eigenvalue weighted by molar-refractivity contribution is 7.99. The smallest absolute Gasteiger partial charge is 0.267 e. The number of carbonyl (C=O) groups is 1. The largest absolute Gasteiger partial charge is 0.497 e. The molecule has 1 amide bonds. The SMILES string of the molecule is COc1cccc(-n2c(=O)c3ccccc3n3c(SCC(=O)Nc4cc(S(=O)(=O)N(C)C)ccc4Cl)nnc23)c1. The Morgan fingerprint density at radius 2 is 1.85 bits per heavy atom. The highest BCUT2D eigenvalue weighted by Gasteiger charge is 2.21. The summed E-state index contributed by atoms with van der Waals surface area (Å²) < 4.78 is 34.6. The molecule has 0 aliphatic carbocycles. The van der Waals surface area contributed by atoms with Crippen molar-refractivity contribution in [2.24, 2.45) is 0 Å². The molecule has 0 saturated heterocycles. The number of benzene rings is 3. The molecular formula is C26H23ClN6O5S2. The molecule has 0 aliphatic rings. The third-order valence-corrected chi connectivity index (χ3v) is 9.10. The quantitative estimate of drug-likeness (QED) is 0.268. The van der Waals surface area contributed by atoms with Crippen LogP contribution >= 0.6 is 23.4 Å². The van der Waals surface area contributed by atoms with Crippen molar-refractivity contribution >= 4 is 61.7 Å². The number of fused-ring (bicyclic) bond motifs is 3. The van der Waals surface area contributed by atoms with Crippen LogP contribution in [0.4, 0.5) is 5.69 Å². The second-order valence-electron chi connectivity index (χ2n) is 8.74. The van der Waals surface area contributed by atoms with Gasteiger partial charge in [-0.3, -0.25) is 14.0 Å². The number of aromatic nitrogens is 4. The van der Waals surface area contributed by atoms with Crippen molar-refractivity contribution in [3.63, 3.8) is 0 Å². The molecule has 5 aromatic rings. The number of carbonyl (C=O) groups excluding carboxylic acids is 1. The van der Waals surface area contributed by atoms with Gasteiger partial charge in [0.1, 0.15) is 5.75 Å². The van der Waals surface area contributed by atoms with E-state index in [0.717, 1.165) is 16.1 Å². The summed E-state index contributed by atoms with van der Waals surface area (Å²) in [6, 6.07) is 18.2. The molecule has 206 valence electrons. The fraction of sp³-hybridized carbons (Fsp3) is 0.154. The van der Waals surface area contributed by atoms with Crippen LogP contribution in [-0.4, -0.2) is 64.8 Å². The second-order valence-corrected chi connectivity index (χ2v) is 12.2. The number of nitrogens with one attached hydrogen (secondary N) is 1. The zero-order chi connectivity index (χ0) is 28.6. The Kier molecular flexibility index (Phi) is 7.55. The molecule has 1 N–H and O–H groups in total. The van der Waals surface area contributed by atoms with Crippen LogP contribution in [0.15, 0.2) is 81.6 Å². The molecule has 0 saturated carbocycles. The molecule has 2 aromatic heterocycles. The van der Waals surface area contributed by atoms with Crippen molar-refractivity contribution in [3.05, 3.63) is 82.1 Å². The Hall–Kier alpha value is -3.91. The maximum absolute atomic E-state index is 13.5. The lowest BCUT2D eigenvalue weighted by molar-refractivity contribution is -0.113. The Balaban J connectivity index is 1.49. The summed E-state index contributed by atoms with van der Waals surface area (Å²) in [6.45, 7) is 0. The first-order valence-electron chi connectivity index (χ1n) is 11.8. The average Bonchev–Trinajstić information content (AvgIpc) is 3.37. The molecule has 0 radical (unpaired) electrons. The van der Waals surface area contributed by atoms with Gasteiger partial charge >= 0.3 is 0 Å². The molecule has 0 unspecified atom stereocenters. The van der Waals surface area contributed by atoms with Crippen molar-refractivity contribution < 1.29 is 17.9 Å². The number of rotatable bonds is 8. The number of hydrogen-bond donors (Lipinski definition) is 1. The van der Waals surface area contributed by atoms with E-state index >= 15 is 0 Å². The maximum atomic E-state index is 13.5. The lowest BCUT2D eigenvalue weighted by Crippen LogP contribution is -2.22. The van der Waals surface area contributed by atoms with Gasteiger partial charge in [-0.2, -0.15) is 0 Å². The molecular weight excluding hydrogens is 576 g/mol. The fourth-order valence-electron chi connectivity index (χ4n) is 4.04. The molecule has 0 atom stereocenters. The van der Waals surface area contributed by atoms with E-state index in [4.69, 9.17) is 16.3 Å². The minimum absolute atomic E-state index is 0.00436. The summed E-state index contributed by atoms with van der Waals surface area (Å²) >= 11 is 7.33. The van der Waals surface area contributed by atoms with Crippen LogP contribution in [0, 0.1) is 0 Å². The van der Waals surface area contributed by atoms with Crippen LogP contribution in [0.25, 0.3) is 22.4 Å². The van der Waals surface area contributed by atoms with Gasteiger partial charge < -0.3 is 10.1 Å². The third-order valence-electron chi connectivity index (χ3n) is 6.03. The Morgan fingerprint density at radius 3 is 2.60 bits per heavy atom. The number of hydrogen-bond acceptors (Lipinski definition) is 8. The Labute approximate surface area is 238 Å². The standard InChI is InChI=1S/C26H23ClN6O5S2/c1-31(2)40(36,37)18-11-12-20(27)21(14-18)28-23(34)15-39-26-30-29-25-32(16-7-6-8-17(13-16)38-3)24(35)19-9-4-5-10-22(19)33(25)26/h4-14H,15H2,1-3H3,(H,28,34). The predicted octanol–water partition coefficient (Wildman–Crippen LogP) is 3.68. The monoisotopic (exact) mass is 598 g/mol. The maximum Gasteiger partial charge on any atom is 0.267 e. The lowest BCUT2D eigenvalue weighted by atomic mass is 10.2. The van der Waals surface area contributed by atoms with Crippen LogP contribution in [0.3, 0.4) is 0 Å². The molecule has 0 bridgehead atoms. The van der Waals surface area contributed by atoms with E-state index in [-0.39, 0.29) is 32.7 Å². The van der Waals surface area contributed by atoms with E-state index in [9.17, 15) is 18.0 Å². The van der Waals surface area contributed by atoms with Crippen molar-refractivity contribution in [3.8, 4) is 11.4 Å². The van der Waals surface area contributed by atoms with E-state index in [0.29, 0.717) is 27.5 Å². The lowest BCUT2D eigenvalue weighted by Gasteiger charge is -2.14. The van der Waals surface area contributed by atoms with E-state index in [1.807, 2.05) is 0 Å². The number of amides is 1. The predicted molar refractivity (Wildman–Crippen MR) is 154 cm³/mol. The molecule has 0 fully saturated rings. The molecule has 3 aromatic carbocycles. The number of ether oxygens (including phenoxy) is 1. The second kappa shape index (κ2) is 10.9. The fourth-order valence-corrected chi connectivity index (χ4v) is 5.88. The molecule has 5 rings (SSSR count). The van der Waals surface area contributed by atoms with E-state index in [1.165, 1.54) is 36.9 Å². The first-order chi connectivity index (χ1) is 19.1. The zero-order valence-corrected chi connectivity index (χ0v) is 23.9. The Bertz CT molecular complexity index is 1940. The van der Waals surface area contributed by atoms with Crippen LogP contribution in [0.2, 0.25) is 5.02 Å². The van der Waals surface area contributed by atoms with Crippen molar-refractivity contribution in [1.82, 2.24) is 23.5 Å². The topological polar surface area (TPSA) is 128 Å². The summed E-state index contributed by atoms with van der Waals surface area (Å²) in [6.07, 6.45) is 0. The number of halogens is 1. The molecule has 40 heavy (non-hydrogen) atoms. The first-order valence-corrected chi connectivity index (χ1v) is 14.6. The van der Waals surface area contributed by atoms with Gasteiger partial charge in [-0.1, -0.05) is 41.6 Å². The van der Waals surface area contributed by atoms with Crippen molar-refractivity contribution in [2.75, 3.05) is 32.3 Å². The third kappa shape index (κ3) is 5.04. The Morgan fingerprint density at radius 1 is 1.07 bits per heavy atom. The molecule has 14 heteroatoms. The molecule has 0 aliphatic heterocycles. The minimum Gasteiger partial charge on any atom is -0.497 e. The van der Waals surface area contributed by atoms with Crippen LogP contribution in [0.1, 0.15) is 0 Å². The van der Waals surface area contributed by atoms with Gasteiger partial charge in [-0.05, 0) is 42.5 Å². The number of methoxy groups -OCH3 is 1. The van der Waals surface area contributed by atoms with Crippen LogP contribution in [-0.2, 0) is 14.8 Å². The summed E-state index contributed by atoms with van der Waals surface area (Å²) in [5.74, 6) is 0.314. The van der Waals surface area contributed by atoms with Gasteiger partial charge in [0.2, 0.25) is 21.7 Å². The van der Waals surface area contributed by atoms with Gasteiger partial charge in [0.25, 0.3) is 5.56 Å². The summed E-state index contributed by atoms with van der Waals surface area (Å²) in [5, 5.41) is 12.2. The average molecular weight is 599 g/mol. The number of para-hydroxylation sites is 1. The summed E-state index contributed by atoms with van der Waals surface area (Å²) in [5.41, 5.74) is 1.02. The first kappa shape index (κ1) is 27.6. The summed E-state index contributed by atoms with van der Waals surface area (Å²) in [4.78, 5) is 26.4. The molecule has 11 nitrogen and oxygen atoms in total. The number of nitrogens with zero attached hydrogens (tertiary/aromatic N) is 5. The molecule has 0 spiro atoms. The highest BCUT2D eigenvalue weighted by atomic mass is 35.5. The van der Waals surface area contributed by atoms with Gasteiger partial charge in [0, 0.05) is 20.2 Å². The zero-order valence-electron chi connectivity index (χ0n) is 21.5. The van der Waals surface area contributed by atoms with E-state index in [2.05, 4.69) is 15.5 Å². The highest BCUT2D eigenvalue weighted by Crippen LogP contribution is 2.28. The van der Waals surface area contributed by atoms with Gasteiger partial charge in [-0.15, -0.1) is 10.2 Å². The van der Waals surface area contributed by atoms with Gasteiger partial charge in [-0.25, -0.2) is 17.3 Å². The number of thioether (sulfide) groups is 1. The normalized spacial score (nSPS) is 11.8. The van der Waals surface area contributed by atoms with Crippen LogP contribution in [0.5, 0.6) is 5.75 Å². The number of sulfonamides is 1. The van der Waals surface area contributed by atoms with Crippen molar-refractivity contribution in [1.29, 1.82) is 0 Å². The van der Waals surface area contributed by atoms with Gasteiger partial charge in [0.05, 0.1) is 45.1 Å². The van der Waals surface area contributed by atoms with Crippen LogP contribution < -0.4 is 15.6 Å². The number of anilines is 1. The summed E-state index contributed by atoms with van der Waals surface area (Å²) in [7, 11) is 0.654. The van der Waals surface area contributed by atoms with Crippen molar-refractivity contribution in [2.45, 2.75) is 10.1 Å². The van der Waals surface area contributed by atoms with E-state index in [1.54, 1.807) is 60.0 Å². The van der Waals surface area contributed by atoms with E-state index < -0.39 is 15.9 Å².